The fourth-order valence-corrected chi connectivity index (χ4v) is 3.70. The summed E-state index contributed by atoms with van der Waals surface area (Å²) in [6.07, 6.45) is 0. The van der Waals surface area contributed by atoms with Gasteiger partial charge in [0.2, 0.25) is 0 Å². The lowest BCUT2D eigenvalue weighted by atomic mass is 10.2. The van der Waals surface area contributed by atoms with Crippen LogP contribution in [0.2, 0.25) is 0 Å². The van der Waals surface area contributed by atoms with E-state index in [4.69, 9.17) is 5.73 Å². The Morgan fingerprint density at radius 3 is 2.67 bits per heavy atom. The largest absolute Gasteiger partial charge is 0.435 e. The van der Waals surface area contributed by atoms with Crippen LogP contribution in [0.4, 0.5) is 19.7 Å². The third-order valence-electron chi connectivity index (χ3n) is 3.42. The minimum Gasteiger partial charge on any atom is -0.435 e. The number of thiazole rings is 1. The van der Waals surface area contributed by atoms with Gasteiger partial charge in [-0.1, -0.05) is 35.2 Å². The Morgan fingerprint density at radius 1 is 1.26 bits per heavy atom. The molecule has 0 bridgehead atoms. The van der Waals surface area contributed by atoms with E-state index in [2.05, 4.69) is 25.0 Å². The van der Waals surface area contributed by atoms with Gasteiger partial charge < -0.3 is 20.9 Å². The molecule has 3 rings (SSSR count). The first kappa shape index (κ1) is 19.5. The van der Waals surface area contributed by atoms with Gasteiger partial charge in [0.15, 0.2) is 21.8 Å². The number of thioether (sulfide) groups is 1. The zero-order chi connectivity index (χ0) is 19.4. The highest BCUT2D eigenvalue weighted by Crippen LogP contribution is 2.32. The predicted molar refractivity (Wildman–Crippen MR) is 102 cm³/mol. The van der Waals surface area contributed by atoms with Crippen molar-refractivity contribution in [2.24, 2.45) is 0 Å². The molecule has 0 fully saturated rings. The third-order valence-corrected chi connectivity index (χ3v) is 5.22. The number of nitrogens with two attached hydrogens (primary N) is 1. The van der Waals surface area contributed by atoms with Crippen LogP contribution in [0.25, 0.3) is 10.3 Å². The molecule has 0 spiro atoms. The fourth-order valence-electron chi connectivity index (χ4n) is 2.18. The molecule has 2 aromatic heterocycles. The smallest absolute Gasteiger partial charge is 0.387 e. The van der Waals surface area contributed by atoms with E-state index in [-0.39, 0.29) is 18.4 Å². The van der Waals surface area contributed by atoms with E-state index in [1.807, 2.05) is 6.92 Å². The molecule has 7 nitrogen and oxygen atoms in total. The molecule has 0 radical (unpaired) electrons. The third kappa shape index (κ3) is 5.15. The maximum Gasteiger partial charge on any atom is 0.387 e. The Morgan fingerprint density at radius 2 is 2.00 bits per heavy atom. The van der Waals surface area contributed by atoms with E-state index >= 15 is 0 Å². The molecular weight excluding hydrogens is 396 g/mol. The van der Waals surface area contributed by atoms with Gasteiger partial charge in [-0.15, -0.1) is 0 Å². The van der Waals surface area contributed by atoms with Crippen LogP contribution in [0.1, 0.15) is 12.5 Å². The van der Waals surface area contributed by atoms with Gasteiger partial charge in [-0.25, -0.2) is 15.0 Å². The summed E-state index contributed by atoms with van der Waals surface area (Å²) in [5.74, 6) is 1.22. The molecule has 144 valence electrons. The first-order valence-corrected chi connectivity index (χ1v) is 9.73. The number of hydrogen-bond donors (Lipinski definition) is 3. The number of nitrogens with zero attached hydrogens (tertiary/aromatic N) is 3. The molecule has 0 unspecified atom stereocenters. The second kappa shape index (κ2) is 8.63. The quantitative estimate of drug-likeness (QED) is 0.381. The van der Waals surface area contributed by atoms with Crippen LogP contribution < -0.4 is 15.8 Å². The summed E-state index contributed by atoms with van der Waals surface area (Å²) < 4.78 is 29.5. The normalized spacial score (nSPS) is 12.5. The maximum atomic E-state index is 12.2. The summed E-state index contributed by atoms with van der Waals surface area (Å²) in [5, 5.41) is 13.3. The second-order valence-corrected chi connectivity index (χ2v) is 7.57. The van der Waals surface area contributed by atoms with Crippen LogP contribution in [0.15, 0.2) is 29.4 Å². The highest BCUT2D eigenvalue weighted by atomic mass is 32.2. The van der Waals surface area contributed by atoms with Crippen molar-refractivity contribution in [1.29, 1.82) is 0 Å². The molecule has 0 aliphatic carbocycles. The van der Waals surface area contributed by atoms with Gasteiger partial charge in [-0.05, 0) is 24.6 Å². The fraction of sp³-hybridized carbons (Fsp3) is 0.312. The van der Waals surface area contributed by atoms with Crippen molar-refractivity contribution in [3.63, 3.8) is 0 Å². The lowest BCUT2D eigenvalue weighted by Gasteiger charge is -2.12. The maximum absolute atomic E-state index is 12.2. The molecule has 1 atom stereocenters. The molecule has 27 heavy (non-hydrogen) atoms. The second-order valence-electron chi connectivity index (χ2n) is 5.60. The molecule has 0 aliphatic heterocycles. The number of aliphatic hydroxyl groups is 1. The average molecular weight is 413 g/mol. The van der Waals surface area contributed by atoms with Crippen LogP contribution in [0, 0.1) is 0 Å². The molecule has 0 amide bonds. The summed E-state index contributed by atoms with van der Waals surface area (Å²) in [6, 6.07) is 6.20. The standard InChI is InChI=1S/C16H17F2N5O2S2/c1-8(6-24)20-12-11-13(21-15(19)27-11)23-16(22-12)26-7-9-2-4-10(5-3-9)25-14(17)18/h2-5,8,14,24H,6-7H2,1H3,(H3,19,20,21,22,23)/t8-/m1/s1. The summed E-state index contributed by atoms with van der Waals surface area (Å²) in [5.41, 5.74) is 7.17. The van der Waals surface area contributed by atoms with Crippen molar-refractivity contribution in [1.82, 2.24) is 15.0 Å². The van der Waals surface area contributed by atoms with Crippen molar-refractivity contribution < 1.29 is 18.6 Å². The Labute approximate surface area is 162 Å². The first-order valence-electron chi connectivity index (χ1n) is 7.92. The molecule has 4 N–H and O–H groups in total. The SMILES string of the molecule is C[C@H](CO)Nc1nc(SCc2ccc(OC(F)F)cc2)nc2nc(N)sc12. The van der Waals surface area contributed by atoms with Crippen molar-refractivity contribution in [2.75, 3.05) is 17.7 Å². The molecule has 3 aromatic rings. The van der Waals surface area contributed by atoms with Gasteiger partial charge >= 0.3 is 6.61 Å². The predicted octanol–water partition coefficient (Wildman–Crippen LogP) is 3.35. The van der Waals surface area contributed by atoms with Crippen LogP contribution in [-0.4, -0.2) is 39.3 Å². The number of aromatic nitrogens is 3. The number of ether oxygens (including phenoxy) is 1. The van der Waals surface area contributed by atoms with E-state index in [9.17, 15) is 13.9 Å². The zero-order valence-corrected chi connectivity index (χ0v) is 15.9. The summed E-state index contributed by atoms with van der Waals surface area (Å²) >= 11 is 2.65. The van der Waals surface area contributed by atoms with Crippen molar-refractivity contribution >= 4 is 44.4 Å². The van der Waals surface area contributed by atoms with Gasteiger partial charge in [0.1, 0.15) is 10.4 Å². The molecule has 0 saturated heterocycles. The molecule has 2 heterocycles. The monoisotopic (exact) mass is 413 g/mol. The van der Waals surface area contributed by atoms with Crippen LogP contribution >= 0.6 is 23.1 Å². The summed E-state index contributed by atoms with van der Waals surface area (Å²) in [6.45, 7) is -1.06. The number of rotatable bonds is 8. The molecule has 0 saturated carbocycles. The number of benzene rings is 1. The number of alkyl halides is 2. The average Bonchev–Trinajstić information content (AvgIpc) is 3.01. The Hall–Kier alpha value is -2.24. The lowest BCUT2D eigenvalue weighted by Crippen LogP contribution is -2.20. The number of aliphatic hydroxyl groups excluding tert-OH is 1. The van der Waals surface area contributed by atoms with Crippen molar-refractivity contribution in [3.05, 3.63) is 29.8 Å². The topological polar surface area (TPSA) is 106 Å². The van der Waals surface area contributed by atoms with Crippen LogP contribution in [0.5, 0.6) is 5.75 Å². The lowest BCUT2D eigenvalue weighted by molar-refractivity contribution is -0.0498. The van der Waals surface area contributed by atoms with E-state index in [0.717, 1.165) is 10.3 Å². The van der Waals surface area contributed by atoms with Crippen molar-refractivity contribution in [2.45, 2.75) is 30.5 Å². The number of nitrogen functional groups attached to an aromatic ring is 1. The molecular formula is C16H17F2N5O2S2. The Balaban J connectivity index is 1.76. The van der Waals surface area contributed by atoms with Gasteiger partial charge in [0.25, 0.3) is 0 Å². The Kier molecular flexibility index (Phi) is 6.24. The number of hydrogen-bond acceptors (Lipinski definition) is 9. The summed E-state index contributed by atoms with van der Waals surface area (Å²) in [4.78, 5) is 13.1. The van der Waals surface area contributed by atoms with Gasteiger partial charge in [0, 0.05) is 11.8 Å². The van der Waals surface area contributed by atoms with E-state index in [1.54, 1.807) is 12.1 Å². The first-order chi connectivity index (χ1) is 12.9. The zero-order valence-electron chi connectivity index (χ0n) is 14.2. The Bertz CT molecular complexity index is 908. The van der Waals surface area contributed by atoms with E-state index in [0.29, 0.717) is 27.5 Å². The molecule has 0 aliphatic rings. The van der Waals surface area contributed by atoms with Crippen molar-refractivity contribution in [3.8, 4) is 5.75 Å². The van der Waals surface area contributed by atoms with Crippen LogP contribution in [-0.2, 0) is 5.75 Å². The number of fused-ring (bicyclic) bond motifs is 1. The highest BCUT2D eigenvalue weighted by Gasteiger charge is 2.14. The van der Waals surface area contributed by atoms with E-state index < -0.39 is 6.61 Å². The summed E-state index contributed by atoms with van der Waals surface area (Å²) in [7, 11) is 0. The number of nitrogens with one attached hydrogen (secondary N) is 1. The number of halogens is 2. The van der Waals surface area contributed by atoms with Crippen LogP contribution in [0.3, 0.4) is 0 Å². The molecule has 11 heteroatoms. The number of anilines is 2. The minimum absolute atomic E-state index is 0.0463. The van der Waals surface area contributed by atoms with Gasteiger partial charge in [-0.3, -0.25) is 0 Å². The van der Waals surface area contributed by atoms with Gasteiger partial charge in [-0.2, -0.15) is 8.78 Å². The molecule has 1 aromatic carbocycles. The van der Waals surface area contributed by atoms with E-state index in [1.165, 1.54) is 35.2 Å². The highest BCUT2D eigenvalue weighted by molar-refractivity contribution is 7.98. The van der Waals surface area contributed by atoms with Gasteiger partial charge in [0.05, 0.1) is 6.61 Å². The minimum atomic E-state index is -2.84.